The zero-order chi connectivity index (χ0) is 8.43. The number of aliphatic hydroxyl groups is 1. The van der Waals surface area contributed by atoms with Gasteiger partial charge in [0.15, 0.2) is 0 Å². The summed E-state index contributed by atoms with van der Waals surface area (Å²) in [6.45, 7) is 2.12. The van der Waals surface area contributed by atoms with Gasteiger partial charge in [-0.25, -0.2) is 4.79 Å². The van der Waals surface area contributed by atoms with Gasteiger partial charge in [-0.3, -0.25) is 0 Å². The third kappa shape index (κ3) is 1.83. The molecular formula is C7H13NO3. The van der Waals surface area contributed by atoms with Crippen molar-refractivity contribution in [3.05, 3.63) is 0 Å². The summed E-state index contributed by atoms with van der Waals surface area (Å²) >= 11 is 0. The van der Waals surface area contributed by atoms with Crippen LogP contribution < -0.4 is 0 Å². The SMILES string of the molecule is C[C@@H]1CC[C@H](O)CN1C(=O)O. The first-order chi connectivity index (χ1) is 5.11. The summed E-state index contributed by atoms with van der Waals surface area (Å²) in [7, 11) is 0. The van der Waals surface area contributed by atoms with Crippen LogP contribution in [0, 0.1) is 0 Å². The van der Waals surface area contributed by atoms with Gasteiger partial charge in [-0.15, -0.1) is 0 Å². The topological polar surface area (TPSA) is 60.8 Å². The van der Waals surface area contributed by atoms with Gasteiger partial charge in [-0.05, 0) is 19.8 Å². The summed E-state index contributed by atoms with van der Waals surface area (Å²) < 4.78 is 0. The summed E-state index contributed by atoms with van der Waals surface area (Å²) in [5.41, 5.74) is 0. The van der Waals surface area contributed by atoms with Crippen molar-refractivity contribution in [3.63, 3.8) is 0 Å². The highest BCUT2D eigenvalue weighted by atomic mass is 16.4. The third-order valence-electron chi connectivity index (χ3n) is 2.10. The highest BCUT2D eigenvalue weighted by molar-refractivity contribution is 5.65. The van der Waals surface area contributed by atoms with Gasteiger partial charge in [-0.1, -0.05) is 0 Å². The standard InChI is InChI=1S/C7H13NO3/c1-5-2-3-6(9)4-8(5)7(10)11/h5-6,9H,2-4H2,1H3,(H,10,11)/t5-,6+/m1/s1. The molecule has 0 radical (unpaired) electrons. The van der Waals surface area contributed by atoms with Crippen LogP contribution in [-0.4, -0.2) is 39.9 Å². The van der Waals surface area contributed by atoms with Crippen molar-refractivity contribution >= 4 is 6.09 Å². The van der Waals surface area contributed by atoms with Crippen molar-refractivity contribution < 1.29 is 15.0 Å². The maximum Gasteiger partial charge on any atom is 0.407 e. The summed E-state index contributed by atoms with van der Waals surface area (Å²) in [5.74, 6) is 0. The number of carboxylic acid groups (broad SMARTS) is 1. The zero-order valence-electron chi connectivity index (χ0n) is 6.53. The van der Waals surface area contributed by atoms with Gasteiger partial charge in [0, 0.05) is 6.04 Å². The van der Waals surface area contributed by atoms with Gasteiger partial charge in [0.1, 0.15) is 0 Å². The first-order valence-corrected chi connectivity index (χ1v) is 3.79. The molecule has 1 aliphatic heterocycles. The van der Waals surface area contributed by atoms with Gasteiger partial charge in [0.25, 0.3) is 0 Å². The predicted octanol–water partition coefficient (Wildman–Crippen LogP) is 0.510. The first kappa shape index (κ1) is 8.33. The lowest BCUT2D eigenvalue weighted by Gasteiger charge is -2.33. The number of piperidine rings is 1. The van der Waals surface area contributed by atoms with Crippen LogP contribution in [0.25, 0.3) is 0 Å². The van der Waals surface area contributed by atoms with Gasteiger partial charge in [-0.2, -0.15) is 0 Å². The van der Waals surface area contributed by atoms with E-state index < -0.39 is 12.2 Å². The van der Waals surface area contributed by atoms with E-state index in [4.69, 9.17) is 10.2 Å². The quantitative estimate of drug-likeness (QED) is 0.541. The van der Waals surface area contributed by atoms with Crippen LogP contribution in [0.3, 0.4) is 0 Å². The molecule has 0 saturated carbocycles. The molecule has 11 heavy (non-hydrogen) atoms. The Bertz CT molecular complexity index is 160. The fraction of sp³-hybridized carbons (Fsp3) is 0.857. The van der Waals surface area contributed by atoms with E-state index in [1.54, 1.807) is 0 Å². The van der Waals surface area contributed by atoms with Crippen molar-refractivity contribution in [2.45, 2.75) is 31.9 Å². The molecule has 2 N–H and O–H groups in total. The number of hydrogen-bond donors (Lipinski definition) is 2. The Morgan fingerprint density at radius 3 is 2.64 bits per heavy atom. The van der Waals surface area contributed by atoms with Crippen molar-refractivity contribution in [3.8, 4) is 0 Å². The van der Waals surface area contributed by atoms with E-state index >= 15 is 0 Å². The molecule has 0 spiro atoms. The highest BCUT2D eigenvalue weighted by Gasteiger charge is 2.27. The Morgan fingerprint density at radius 2 is 2.18 bits per heavy atom. The lowest BCUT2D eigenvalue weighted by Crippen LogP contribution is -2.46. The molecule has 2 atom stereocenters. The molecule has 0 aromatic heterocycles. The summed E-state index contributed by atoms with van der Waals surface area (Å²) in [4.78, 5) is 11.8. The molecule has 64 valence electrons. The molecule has 1 saturated heterocycles. The number of carbonyl (C=O) groups is 1. The summed E-state index contributed by atoms with van der Waals surface area (Å²) in [6.07, 6.45) is 0.0665. The lowest BCUT2D eigenvalue weighted by molar-refractivity contribution is 0.0420. The van der Waals surface area contributed by atoms with Crippen molar-refractivity contribution in [1.29, 1.82) is 0 Å². The smallest absolute Gasteiger partial charge is 0.407 e. The molecule has 0 aromatic carbocycles. The second-order valence-corrected chi connectivity index (χ2v) is 3.02. The van der Waals surface area contributed by atoms with Crippen LogP contribution in [-0.2, 0) is 0 Å². The zero-order valence-corrected chi connectivity index (χ0v) is 6.53. The summed E-state index contributed by atoms with van der Waals surface area (Å²) in [6, 6.07) is 0.0518. The van der Waals surface area contributed by atoms with E-state index in [-0.39, 0.29) is 12.6 Å². The normalized spacial score (nSPS) is 32.0. The second kappa shape index (κ2) is 3.09. The van der Waals surface area contributed by atoms with E-state index in [1.165, 1.54) is 4.90 Å². The van der Waals surface area contributed by atoms with E-state index in [9.17, 15) is 4.79 Å². The third-order valence-corrected chi connectivity index (χ3v) is 2.10. The molecule has 1 heterocycles. The Hall–Kier alpha value is -0.770. The van der Waals surface area contributed by atoms with E-state index in [1.807, 2.05) is 6.92 Å². The summed E-state index contributed by atoms with van der Waals surface area (Å²) in [5, 5.41) is 17.8. The van der Waals surface area contributed by atoms with Gasteiger partial charge >= 0.3 is 6.09 Å². The predicted molar refractivity (Wildman–Crippen MR) is 39.4 cm³/mol. The number of aliphatic hydroxyl groups excluding tert-OH is 1. The number of likely N-dealkylation sites (tertiary alicyclic amines) is 1. The molecule has 1 amide bonds. The number of nitrogens with zero attached hydrogens (tertiary/aromatic N) is 1. The highest BCUT2D eigenvalue weighted by Crippen LogP contribution is 2.16. The minimum absolute atomic E-state index is 0.0518. The Balaban J connectivity index is 2.54. The molecule has 4 heteroatoms. The number of amides is 1. The minimum atomic E-state index is -0.934. The first-order valence-electron chi connectivity index (χ1n) is 3.79. The molecule has 1 fully saturated rings. The second-order valence-electron chi connectivity index (χ2n) is 3.02. The Kier molecular flexibility index (Phi) is 2.34. The molecule has 0 bridgehead atoms. The molecule has 0 aliphatic carbocycles. The maximum atomic E-state index is 10.5. The van der Waals surface area contributed by atoms with Crippen molar-refractivity contribution in [1.82, 2.24) is 4.90 Å². The average molecular weight is 159 g/mol. The Labute approximate surface area is 65.4 Å². The monoisotopic (exact) mass is 159 g/mol. The van der Waals surface area contributed by atoms with E-state index in [2.05, 4.69) is 0 Å². The lowest BCUT2D eigenvalue weighted by atomic mass is 10.0. The Morgan fingerprint density at radius 1 is 1.55 bits per heavy atom. The van der Waals surface area contributed by atoms with Gasteiger partial charge in [0.2, 0.25) is 0 Å². The van der Waals surface area contributed by atoms with Crippen LogP contribution in [0.15, 0.2) is 0 Å². The van der Waals surface area contributed by atoms with Crippen LogP contribution >= 0.6 is 0 Å². The number of β-amino-alcohol motifs (C(OH)–C–C–N with tert-alkyl or cyclic N) is 1. The van der Waals surface area contributed by atoms with E-state index in [0.717, 1.165) is 6.42 Å². The maximum absolute atomic E-state index is 10.5. The van der Waals surface area contributed by atoms with Crippen molar-refractivity contribution in [2.24, 2.45) is 0 Å². The number of hydrogen-bond acceptors (Lipinski definition) is 2. The van der Waals surface area contributed by atoms with Crippen LogP contribution in [0.5, 0.6) is 0 Å². The fourth-order valence-electron chi connectivity index (χ4n) is 1.35. The van der Waals surface area contributed by atoms with Crippen molar-refractivity contribution in [2.75, 3.05) is 6.54 Å². The molecule has 1 aliphatic rings. The van der Waals surface area contributed by atoms with Crippen LogP contribution in [0.2, 0.25) is 0 Å². The molecule has 4 nitrogen and oxygen atoms in total. The average Bonchev–Trinajstić information content (AvgIpc) is 1.94. The van der Waals surface area contributed by atoms with Crippen LogP contribution in [0.1, 0.15) is 19.8 Å². The fourth-order valence-corrected chi connectivity index (χ4v) is 1.35. The largest absolute Gasteiger partial charge is 0.465 e. The van der Waals surface area contributed by atoms with E-state index in [0.29, 0.717) is 6.42 Å². The van der Waals surface area contributed by atoms with Gasteiger partial charge in [0.05, 0.1) is 12.6 Å². The molecular weight excluding hydrogens is 146 g/mol. The minimum Gasteiger partial charge on any atom is -0.465 e. The van der Waals surface area contributed by atoms with Crippen LogP contribution in [0.4, 0.5) is 4.79 Å². The molecule has 1 rings (SSSR count). The number of rotatable bonds is 0. The molecule has 0 unspecified atom stereocenters. The molecule has 0 aromatic rings. The van der Waals surface area contributed by atoms with Gasteiger partial charge < -0.3 is 15.1 Å².